The van der Waals surface area contributed by atoms with Gasteiger partial charge in [-0.2, -0.15) is 0 Å². The second kappa shape index (κ2) is 5.26. The molecule has 1 N–H and O–H groups in total. The highest BCUT2D eigenvalue weighted by Crippen LogP contribution is 2.36. The number of carboxylic acid groups (broad SMARTS) is 1. The van der Waals surface area contributed by atoms with Crippen molar-refractivity contribution in [2.45, 2.75) is 16.8 Å². The smallest absolute Gasteiger partial charge is 0.354 e. The number of para-hydroxylation sites is 1. The highest BCUT2D eigenvalue weighted by Gasteiger charge is 2.14. The molecule has 0 saturated heterocycles. The van der Waals surface area contributed by atoms with E-state index in [1.54, 1.807) is 6.07 Å². The Morgan fingerprint density at radius 3 is 2.71 bits per heavy atom. The Balaban J connectivity index is 2.08. The van der Waals surface area contributed by atoms with Crippen molar-refractivity contribution in [1.82, 2.24) is 9.55 Å². The van der Waals surface area contributed by atoms with E-state index in [4.69, 9.17) is 5.11 Å². The lowest BCUT2D eigenvalue weighted by molar-refractivity contribution is 0.0689. The van der Waals surface area contributed by atoms with Gasteiger partial charge < -0.3 is 9.67 Å². The van der Waals surface area contributed by atoms with Gasteiger partial charge in [0.15, 0.2) is 0 Å². The van der Waals surface area contributed by atoms with Gasteiger partial charge in [-0.3, -0.25) is 0 Å². The fraction of sp³-hybridized carbons (Fsp3) is 0.125. The number of pyridine rings is 1. The maximum absolute atomic E-state index is 11.0. The number of fused-ring (bicyclic) bond motifs is 1. The minimum atomic E-state index is -1.01. The van der Waals surface area contributed by atoms with Gasteiger partial charge >= 0.3 is 5.97 Å². The standard InChI is InChI=1S/C16H14N2O2S/c1-10-15(11-6-3-4-8-13(11)18(10)2)21-14-9-5-7-12(17-14)16(19)20/h3-9H,1-2H3,(H,19,20). The van der Waals surface area contributed by atoms with Crippen molar-refractivity contribution in [1.29, 1.82) is 0 Å². The lowest BCUT2D eigenvalue weighted by atomic mass is 10.2. The van der Waals surface area contributed by atoms with Crippen LogP contribution in [-0.2, 0) is 7.05 Å². The van der Waals surface area contributed by atoms with Crippen molar-refractivity contribution in [3.05, 3.63) is 53.9 Å². The molecule has 0 unspecified atom stereocenters. The molecule has 0 aliphatic carbocycles. The van der Waals surface area contributed by atoms with Crippen LogP contribution in [0.5, 0.6) is 0 Å². The van der Waals surface area contributed by atoms with Gasteiger partial charge in [-0.25, -0.2) is 9.78 Å². The van der Waals surface area contributed by atoms with Crippen LogP contribution in [0.2, 0.25) is 0 Å². The summed E-state index contributed by atoms with van der Waals surface area (Å²) in [5.41, 5.74) is 2.37. The third-order valence-electron chi connectivity index (χ3n) is 3.49. The summed E-state index contributed by atoms with van der Waals surface area (Å²) in [6, 6.07) is 13.2. The summed E-state index contributed by atoms with van der Waals surface area (Å²) in [4.78, 5) is 16.3. The lowest BCUT2D eigenvalue weighted by Gasteiger charge is -2.03. The van der Waals surface area contributed by atoms with E-state index in [0.29, 0.717) is 5.03 Å². The molecule has 3 aromatic rings. The molecule has 0 spiro atoms. The Morgan fingerprint density at radius 1 is 1.19 bits per heavy atom. The molecule has 2 aromatic heterocycles. The van der Waals surface area contributed by atoms with Gasteiger partial charge in [0.1, 0.15) is 10.7 Å². The van der Waals surface area contributed by atoms with Crippen molar-refractivity contribution >= 4 is 28.6 Å². The molecule has 21 heavy (non-hydrogen) atoms. The number of carbonyl (C=O) groups is 1. The number of benzene rings is 1. The molecule has 2 heterocycles. The Morgan fingerprint density at radius 2 is 1.95 bits per heavy atom. The molecule has 4 nitrogen and oxygen atoms in total. The summed E-state index contributed by atoms with van der Waals surface area (Å²) in [5, 5.41) is 10.9. The predicted molar refractivity (Wildman–Crippen MR) is 83.0 cm³/mol. The van der Waals surface area contributed by atoms with E-state index >= 15 is 0 Å². The van der Waals surface area contributed by atoms with Crippen LogP contribution in [-0.4, -0.2) is 20.6 Å². The minimum absolute atomic E-state index is 0.0675. The molecule has 0 fully saturated rings. The first-order valence-corrected chi connectivity index (χ1v) is 7.32. The van der Waals surface area contributed by atoms with Crippen LogP contribution >= 0.6 is 11.8 Å². The fourth-order valence-corrected chi connectivity index (χ4v) is 3.38. The summed E-state index contributed by atoms with van der Waals surface area (Å²) >= 11 is 1.50. The maximum atomic E-state index is 11.0. The molecule has 5 heteroatoms. The van der Waals surface area contributed by atoms with Crippen molar-refractivity contribution in [2.75, 3.05) is 0 Å². The number of hydrogen-bond acceptors (Lipinski definition) is 3. The average molecular weight is 298 g/mol. The summed E-state index contributed by atoms with van der Waals surface area (Å²) in [6.07, 6.45) is 0. The number of aromatic nitrogens is 2. The molecule has 0 amide bonds. The Hall–Kier alpha value is -2.27. The van der Waals surface area contributed by atoms with Crippen LogP contribution in [0, 0.1) is 6.92 Å². The van der Waals surface area contributed by atoms with Crippen LogP contribution in [0.3, 0.4) is 0 Å². The summed E-state index contributed by atoms with van der Waals surface area (Å²) < 4.78 is 2.14. The quantitative estimate of drug-likeness (QED) is 0.800. The third-order valence-corrected chi connectivity index (χ3v) is 4.65. The zero-order chi connectivity index (χ0) is 15.0. The average Bonchev–Trinajstić information content (AvgIpc) is 2.73. The monoisotopic (exact) mass is 298 g/mol. The summed E-state index contributed by atoms with van der Waals surface area (Å²) in [5.74, 6) is -1.01. The topological polar surface area (TPSA) is 55.1 Å². The number of carboxylic acids is 1. The van der Waals surface area contributed by atoms with Crippen molar-refractivity contribution < 1.29 is 9.90 Å². The van der Waals surface area contributed by atoms with Crippen molar-refractivity contribution in [3.63, 3.8) is 0 Å². The van der Waals surface area contributed by atoms with E-state index in [9.17, 15) is 4.79 Å². The van der Waals surface area contributed by atoms with E-state index in [2.05, 4.69) is 28.6 Å². The van der Waals surface area contributed by atoms with E-state index in [0.717, 1.165) is 21.5 Å². The maximum Gasteiger partial charge on any atom is 0.354 e. The molecule has 0 saturated carbocycles. The van der Waals surface area contributed by atoms with E-state index in [1.165, 1.54) is 17.8 Å². The van der Waals surface area contributed by atoms with Gasteiger partial charge in [0.25, 0.3) is 0 Å². The highest BCUT2D eigenvalue weighted by molar-refractivity contribution is 7.99. The Kier molecular flexibility index (Phi) is 3.43. The number of hydrogen-bond donors (Lipinski definition) is 1. The van der Waals surface area contributed by atoms with Crippen LogP contribution < -0.4 is 0 Å². The molecule has 0 radical (unpaired) electrons. The number of aryl methyl sites for hydroxylation is 1. The number of nitrogens with zero attached hydrogens (tertiary/aromatic N) is 2. The van der Waals surface area contributed by atoms with Gasteiger partial charge in [-0.15, -0.1) is 0 Å². The van der Waals surface area contributed by atoms with Crippen LogP contribution in [0.4, 0.5) is 0 Å². The van der Waals surface area contributed by atoms with Crippen molar-refractivity contribution in [3.8, 4) is 0 Å². The normalized spacial score (nSPS) is 11.0. The second-order valence-corrected chi connectivity index (χ2v) is 5.79. The number of aromatic carboxylic acids is 1. The molecule has 0 atom stereocenters. The first kappa shape index (κ1) is 13.7. The fourth-order valence-electron chi connectivity index (χ4n) is 2.31. The summed E-state index contributed by atoms with van der Waals surface area (Å²) in [7, 11) is 2.03. The highest BCUT2D eigenvalue weighted by atomic mass is 32.2. The lowest BCUT2D eigenvalue weighted by Crippen LogP contribution is -2.00. The zero-order valence-electron chi connectivity index (χ0n) is 11.7. The van der Waals surface area contributed by atoms with Gasteiger partial charge in [0.05, 0.1) is 0 Å². The minimum Gasteiger partial charge on any atom is -0.477 e. The Labute approximate surface area is 126 Å². The van der Waals surface area contributed by atoms with E-state index < -0.39 is 5.97 Å². The molecule has 106 valence electrons. The van der Waals surface area contributed by atoms with Gasteiger partial charge in [-0.1, -0.05) is 36.0 Å². The van der Waals surface area contributed by atoms with Crippen LogP contribution in [0.1, 0.15) is 16.2 Å². The third kappa shape index (κ3) is 2.40. The second-order valence-electron chi connectivity index (χ2n) is 4.76. The molecule has 0 aliphatic heterocycles. The van der Waals surface area contributed by atoms with Gasteiger partial charge in [0, 0.05) is 28.5 Å². The van der Waals surface area contributed by atoms with Crippen LogP contribution in [0.25, 0.3) is 10.9 Å². The summed E-state index contributed by atoms with van der Waals surface area (Å²) in [6.45, 7) is 2.06. The van der Waals surface area contributed by atoms with E-state index in [1.807, 2.05) is 25.2 Å². The van der Waals surface area contributed by atoms with Gasteiger partial charge in [-0.05, 0) is 25.1 Å². The first-order valence-electron chi connectivity index (χ1n) is 6.50. The molecule has 0 aliphatic rings. The predicted octanol–water partition coefficient (Wildman–Crippen LogP) is 3.73. The Bertz CT molecular complexity index is 839. The molecular weight excluding hydrogens is 284 g/mol. The molecular formula is C16H14N2O2S. The van der Waals surface area contributed by atoms with E-state index in [-0.39, 0.29) is 5.69 Å². The molecule has 1 aromatic carbocycles. The first-order chi connectivity index (χ1) is 10.1. The molecule has 3 rings (SSSR count). The number of rotatable bonds is 3. The van der Waals surface area contributed by atoms with Gasteiger partial charge in [0.2, 0.25) is 0 Å². The van der Waals surface area contributed by atoms with Crippen LogP contribution in [0.15, 0.2) is 52.4 Å². The SMILES string of the molecule is Cc1c(Sc2cccc(C(=O)O)n2)c2ccccc2n1C. The van der Waals surface area contributed by atoms with Crippen molar-refractivity contribution in [2.24, 2.45) is 7.05 Å². The molecule has 0 bridgehead atoms. The largest absolute Gasteiger partial charge is 0.477 e. The zero-order valence-corrected chi connectivity index (χ0v) is 12.5.